The molecule has 0 bridgehead atoms. The van der Waals surface area contributed by atoms with Gasteiger partial charge in [0.05, 0.1) is 0 Å². The molecule has 0 fully saturated rings. The van der Waals surface area contributed by atoms with Gasteiger partial charge in [-0.2, -0.15) is 0 Å². The molecule has 1 aromatic carbocycles. The number of hydrogen-bond donors (Lipinski definition) is 1. The molecule has 2 nitrogen and oxygen atoms in total. The van der Waals surface area contributed by atoms with Gasteiger partial charge in [-0.1, -0.05) is 44.2 Å². The molecule has 0 spiro atoms. The SMILES string of the molecule is CC(NC=O)C(C)(C)c1ccccc1. The zero-order valence-electron chi connectivity index (χ0n) is 8.95. The minimum absolute atomic E-state index is 0.0395. The van der Waals surface area contributed by atoms with Gasteiger partial charge >= 0.3 is 0 Å². The summed E-state index contributed by atoms with van der Waals surface area (Å²) in [6.07, 6.45) is 0.759. The number of amides is 1. The fraction of sp³-hybridized carbons (Fsp3) is 0.417. The first-order valence-corrected chi connectivity index (χ1v) is 4.84. The van der Waals surface area contributed by atoms with Crippen LogP contribution in [0.5, 0.6) is 0 Å². The van der Waals surface area contributed by atoms with E-state index in [-0.39, 0.29) is 11.5 Å². The lowest BCUT2D eigenvalue weighted by atomic mass is 9.78. The molecule has 1 amide bonds. The van der Waals surface area contributed by atoms with Gasteiger partial charge in [-0.15, -0.1) is 0 Å². The van der Waals surface area contributed by atoms with E-state index in [1.54, 1.807) is 0 Å². The van der Waals surface area contributed by atoms with Gasteiger partial charge in [0.2, 0.25) is 6.41 Å². The predicted octanol–water partition coefficient (Wildman–Crippen LogP) is 2.10. The molecule has 0 aliphatic carbocycles. The van der Waals surface area contributed by atoms with E-state index in [1.807, 2.05) is 25.1 Å². The Kier molecular flexibility index (Phi) is 3.28. The van der Waals surface area contributed by atoms with Gasteiger partial charge in [0, 0.05) is 11.5 Å². The van der Waals surface area contributed by atoms with E-state index < -0.39 is 0 Å². The Bertz CT molecular complexity index is 292. The Labute approximate surface area is 85.3 Å². The molecule has 14 heavy (non-hydrogen) atoms. The van der Waals surface area contributed by atoms with Gasteiger partial charge < -0.3 is 5.32 Å². The van der Waals surface area contributed by atoms with Crippen LogP contribution in [0.1, 0.15) is 26.3 Å². The molecular weight excluding hydrogens is 174 g/mol. The Hall–Kier alpha value is -1.31. The van der Waals surface area contributed by atoms with Crippen LogP contribution in [0.15, 0.2) is 30.3 Å². The summed E-state index contributed by atoms with van der Waals surface area (Å²) in [6.45, 7) is 6.27. The average molecular weight is 191 g/mol. The highest BCUT2D eigenvalue weighted by molar-refractivity contribution is 5.47. The third-order valence-electron chi connectivity index (χ3n) is 2.92. The minimum Gasteiger partial charge on any atom is -0.355 e. The van der Waals surface area contributed by atoms with Crippen molar-refractivity contribution in [2.75, 3.05) is 0 Å². The van der Waals surface area contributed by atoms with Crippen molar-refractivity contribution < 1.29 is 4.79 Å². The van der Waals surface area contributed by atoms with Crippen LogP contribution < -0.4 is 5.32 Å². The molecule has 1 aromatic rings. The second-order valence-corrected chi connectivity index (χ2v) is 4.09. The largest absolute Gasteiger partial charge is 0.355 e. The highest BCUT2D eigenvalue weighted by Crippen LogP contribution is 2.26. The number of benzene rings is 1. The van der Waals surface area contributed by atoms with Crippen molar-refractivity contribution in [2.24, 2.45) is 0 Å². The highest BCUT2D eigenvalue weighted by Gasteiger charge is 2.27. The topological polar surface area (TPSA) is 29.1 Å². The molecule has 0 aromatic heterocycles. The van der Waals surface area contributed by atoms with Crippen LogP contribution in [0.4, 0.5) is 0 Å². The number of carbonyl (C=O) groups excluding carboxylic acids is 1. The van der Waals surface area contributed by atoms with Gasteiger partial charge in [0.1, 0.15) is 0 Å². The molecule has 0 radical (unpaired) electrons. The summed E-state index contributed by atoms with van der Waals surface area (Å²) in [5, 5.41) is 2.80. The van der Waals surface area contributed by atoms with Gasteiger partial charge in [-0.25, -0.2) is 0 Å². The second-order valence-electron chi connectivity index (χ2n) is 4.09. The molecule has 1 atom stereocenters. The molecule has 1 unspecified atom stereocenters. The molecule has 0 aliphatic heterocycles. The molecule has 1 N–H and O–H groups in total. The zero-order valence-corrected chi connectivity index (χ0v) is 8.95. The summed E-state index contributed by atoms with van der Waals surface area (Å²) >= 11 is 0. The minimum atomic E-state index is -0.0395. The van der Waals surface area contributed by atoms with Crippen molar-refractivity contribution in [2.45, 2.75) is 32.2 Å². The summed E-state index contributed by atoms with van der Waals surface area (Å²) in [7, 11) is 0. The van der Waals surface area contributed by atoms with Crippen LogP contribution in [-0.2, 0) is 10.2 Å². The van der Waals surface area contributed by atoms with Crippen molar-refractivity contribution in [3.05, 3.63) is 35.9 Å². The molecule has 2 heteroatoms. The van der Waals surface area contributed by atoms with Crippen molar-refractivity contribution >= 4 is 6.41 Å². The number of carbonyl (C=O) groups is 1. The summed E-state index contributed by atoms with van der Waals surface area (Å²) in [6, 6.07) is 10.3. The summed E-state index contributed by atoms with van der Waals surface area (Å²) < 4.78 is 0. The summed E-state index contributed by atoms with van der Waals surface area (Å²) in [4.78, 5) is 10.4. The third kappa shape index (κ3) is 2.13. The van der Waals surface area contributed by atoms with Crippen LogP contribution in [0, 0.1) is 0 Å². The van der Waals surface area contributed by atoms with Gasteiger partial charge in [0.25, 0.3) is 0 Å². The molecule has 0 saturated carbocycles. The van der Waals surface area contributed by atoms with Gasteiger partial charge in [0.15, 0.2) is 0 Å². The van der Waals surface area contributed by atoms with Crippen molar-refractivity contribution in [1.82, 2.24) is 5.32 Å². The summed E-state index contributed by atoms with van der Waals surface area (Å²) in [5.74, 6) is 0. The van der Waals surface area contributed by atoms with Gasteiger partial charge in [-0.3, -0.25) is 4.79 Å². The van der Waals surface area contributed by atoms with E-state index in [0.717, 1.165) is 6.41 Å². The Morgan fingerprint density at radius 2 is 1.86 bits per heavy atom. The molecule has 1 rings (SSSR count). The summed E-state index contributed by atoms with van der Waals surface area (Å²) in [5.41, 5.74) is 1.20. The standard InChI is InChI=1S/C12H17NO/c1-10(13-9-14)12(2,3)11-7-5-4-6-8-11/h4-10H,1-3H3,(H,13,14). The van der Waals surface area contributed by atoms with Crippen LogP contribution in [0.3, 0.4) is 0 Å². The maximum absolute atomic E-state index is 10.4. The van der Waals surface area contributed by atoms with E-state index in [9.17, 15) is 4.79 Å². The third-order valence-corrected chi connectivity index (χ3v) is 2.92. The lowest BCUT2D eigenvalue weighted by Gasteiger charge is -2.31. The van der Waals surface area contributed by atoms with Crippen LogP contribution in [-0.4, -0.2) is 12.5 Å². The maximum atomic E-state index is 10.4. The molecule has 0 aliphatic rings. The number of rotatable bonds is 4. The molecule has 0 saturated heterocycles. The highest BCUT2D eigenvalue weighted by atomic mass is 16.1. The zero-order chi connectivity index (χ0) is 10.6. The van der Waals surface area contributed by atoms with Gasteiger partial charge in [-0.05, 0) is 12.5 Å². The van der Waals surface area contributed by atoms with E-state index in [0.29, 0.717) is 0 Å². The second kappa shape index (κ2) is 4.27. The van der Waals surface area contributed by atoms with E-state index >= 15 is 0 Å². The fourth-order valence-electron chi connectivity index (χ4n) is 1.43. The van der Waals surface area contributed by atoms with Crippen molar-refractivity contribution in [3.8, 4) is 0 Å². The van der Waals surface area contributed by atoms with Crippen LogP contribution in [0.25, 0.3) is 0 Å². The lowest BCUT2D eigenvalue weighted by molar-refractivity contribution is -0.110. The van der Waals surface area contributed by atoms with Crippen molar-refractivity contribution in [3.63, 3.8) is 0 Å². The molecule has 0 heterocycles. The molecule has 76 valence electrons. The first kappa shape index (κ1) is 10.8. The molecular formula is C12H17NO. The first-order valence-electron chi connectivity index (χ1n) is 4.84. The van der Waals surface area contributed by atoms with Crippen molar-refractivity contribution in [1.29, 1.82) is 0 Å². The quantitative estimate of drug-likeness (QED) is 0.725. The monoisotopic (exact) mass is 191 g/mol. The number of nitrogens with one attached hydrogen (secondary N) is 1. The van der Waals surface area contributed by atoms with E-state index in [1.165, 1.54) is 5.56 Å². The maximum Gasteiger partial charge on any atom is 0.207 e. The van der Waals surface area contributed by atoms with Crippen LogP contribution in [0.2, 0.25) is 0 Å². The fourth-order valence-corrected chi connectivity index (χ4v) is 1.43. The average Bonchev–Trinajstić information content (AvgIpc) is 2.19. The Morgan fingerprint density at radius 1 is 1.29 bits per heavy atom. The Balaban J connectivity index is 2.89. The van der Waals surface area contributed by atoms with E-state index in [4.69, 9.17) is 0 Å². The smallest absolute Gasteiger partial charge is 0.207 e. The Morgan fingerprint density at radius 3 is 2.36 bits per heavy atom. The normalized spacial score (nSPS) is 13.4. The number of hydrogen-bond acceptors (Lipinski definition) is 1. The first-order chi connectivity index (χ1) is 6.59. The van der Waals surface area contributed by atoms with E-state index in [2.05, 4.69) is 31.3 Å². The van der Waals surface area contributed by atoms with Crippen LogP contribution >= 0.6 is 0 Å². The predicted molar refractivity (Wildman–Crippen MR) is 58.1 cm³/mol. The lowest BCUT2D eigenvalue weighted by Crippen LogP contribution is -2.41.